The van der Waals surface area contributed by atoms with Crippen molar-refractivity contribution >= 4 is 47.3 Å². The Hall–Kier alpha value is -5.96. The number of hydrogen-bond acceptors (Lipinski definition) is 12. The van der Waals surface area contributed by atoms with Gasteiger partial charge in [-0.15, -0.1) is 0 Å². The van der Waals surface area contributed by atoms with Gasteiger partial charge in [0, 0.05) is 50.2 Å². The van der Waals surface area contributed by atoms with E-state index < -0.39 is 83.8 Å². The molecule has 0 spiro atoms. The van der Waals surface area contributed by atoms with Crippen LogP contribution in [0.5, 0.6) is 0 Å². The average Bonchev–Trinajstić information content (AvgIpc) is 4.02. The highest BCUT2D eigenvalue weighted by atomic mass is 16.3. The number of aliphatic hydroxyl groups is 2. The molecule has 12 atom stereocenters. The summed E-state index contributed by atoms with van der Waals surface area (Å²) in [6.07, 6.45) is 10.0. The first-order valence-electron chi connectivity index (χ1n) is 27.9. The average molecular weight is 1060 g/mol. The first kappa shape index (κ1) is 59.3. The Morgan fingerprint density at radius 3 is 1.21 bits per heavy atom. The van der Waals surface area contributed by atoms with Crippen molar-refractivity contribution in [3.05, 3.63) is 71.8 Å². The Balaban J connectivity index is 0.954. The first-order valence-corrected chi connectivity index (χ1v) is 27.9. The second kappa shape index (κ2) is 29.5. The van der Waals surface area contributed by atoms with E-state index in [1.165, 1.54) is 0 Å². The lowest BCUT2D eigenvalue weighted by Gasteiger charge is -2.33. The summed E-state index contributed by atoms with van der Waals surface area (Å²) in [4.78, 5) is 114. The molecule has 0 aliphatic carbocycles. The van der Waals surface area contributed by atoms with Gasteiger partial charge in [0.05, 0.1) is 12.1 Å². The van der Waals surface area contributed by atoms with Crippen molar-refractivity contribution < 1.29 is 48.6 Å². The fraction of sp³-hybridized carbons (Fsp3) is 0.643. The van der Waals surface area contributed by atoms with Crippen LogP contribution in [0.25, 0.3) is 0 Å². The van der Waals surface area contributed by atoms with Gasteiger partial charge in [-0.3, -0.25) is 38.4 Å². The quantitative estimate of drug-likeness (QED) is 0.0574. The lowest BCUT2D eigenvalue weighted by Crippen LogP contribution is -2.59. The van der Waals surface area contributed by atoms with E-state index in [0.29, 0.717) is 101 Å². The molecule has 4 aliphatic heterocycles. The normalized spacial score (nSPS) is 24.9. The number of nitrogens with one attached hydrogen (secondary N) is 8. The Labute approximate surface area is 447 Å². The maximum Gasteiger partial charge on any atom is 0.247 e. The topological polar surface area (TPSA) is 280 Å². The third-order valence-electron chi connectivity index (χ3n) is 16.1. The molecule has 4 aliphatic rings. The standard InChI is InChI=1S/C56H84N10O10/c1-5-41(57-3)49(69)63-47-37(33-67)23-25-39-27-29-43(65(39)55(47)75)51(71)61-45(35-19-13-11-14-20-35)53(73)59-31-17-9-7-8-10-18-32-60-54(74)46(36-21-15-12-16-22-36)62-52(72)44-30-28-40-26-24-38(34-68)48(56(76)66(40)44)64-50(70)42(6-2)58-4/h11-16,19-22,37-48,57-58,67-68H,5-10,17-18,23-34H2,1-4H3,(H,59,73)(H,60,74)(H,61,71)(H,62,72)(H,63,69)(H,64,70)/t37-,38?,39?,40?,41+,42+,43+,44+,45+,46+,47+,48?/m1/s1. The number of hydrogen-bond donors (Lipinski definition) is 10. The maximum atomic E-state index is 14.2. The number of nitrogens with zero attached hydrogens (tertiary/aromatic N) is 2. The van der Waals surface area contributed by atoms with Crippen LogP contribution in [0.3, 0.4) is 0 Å². The highest BCUT2D eigenvalue weighted by Gasteiger charge is 2.50. The fourth-order valence-electron chi connectivity index (χ4n) is 11.6. The number of fused-ring (bicyclic) bond motifs is 2. The number of aliphatic hydroxyl groups excluding tert-OH is 2. The number of likely N-dealkylation sites (N-methyl/N-ethyl adjacent to an activating group) is 2. The van der Waals surface area contributed by atoms with Crippen molar-refractivity contribution in [3.63, 3.8) is 0 Å². The van der Waals surface area contributed by atoms with E-state index in [1.807, 2.05) is 26.0 Å². The van der Waals surface area contributed by atoms with E-state index in [-0.39, 0.29) is 48.9 Å². The number of unbranched alkanes of at least 4 members (excludes halogenated alkanes) is 5. The van der Waals surface area contributed by atoms with Gasteiger partial charge in [0.2, 0.25) is 47.3 Å². The van der Waals surface area contributed by atoms with Gasteiger partial charge in [-0.25, -0.2) is 0 Å². The zero-order chi connectivity index (χ0) is 54.7. The molecule has 76 heavy (non-hydrogen) atoms. The van der Waals surface area contributed by atoms with Gasteiger partial charge in [0.1, 0.15) is 36.3 Å². The van der Waals surface area contributed by atoms with Gasteiger partial charge >= 0.3 is 0 Å². The Morgan fingerprint density at radius 2 is 0.868 bits per heavy atom. The molecular formula is C56H84N10O10. The molecule has 0 radical (unpaired) electrons. The van der Waals surface area contributed by atoms with Gasteiger partial charge in [-0.05, 0) is 102 Å². The van der Waals surface area contributed by atoms with E-state index >= 15 is 0 Å². The molecule has 6 rings (SSSR count). The third-order valence-corrected chi connectivity index (χ3v) is 16.1. The molecule has 8 amide bonds. The predicted molar refractivity (Wildman–Crippen MR) is 285 cm³/mol. The number of carbonyl (C=O) groups excluding carboxylic acids is 8. The molecule has 0 bridgehead atoms. The van der Waals surface area contributed by atoms with Gasteiger partial charge < -0.3 is 62.5 Å². The van der Waals surface area contributed by atoms with Gasteiger partial charge in [-0.2, -0.15) is 0 Å². The number of benzene rings is 2. The van der Waals surface area contributed by atoms with Crippen molar-refractivity contribution in [2.24, 2.45) is 11.8 Å². The zero-order valence-corrected chi connectivity index (χ0v) is 44.9. The highest BCUT2D eigenvalue weighted by molar-refractivity contribution is 5.97. The second-order valence-electron chi connectivity index (χ2n) is 20.9. The number of amides is 8. The molecular weight excluding hydrogens is 973 g/mol. The number of carbonyl (C=O) groups is 8. The van der Waals surface area contributed by atoms with Crippen LogP contribution in [-0.4, -0.2) is 156 Å². The molecule has 4 unspecified atom stereocenters. The molecule has 4 heterocycles. The molecule has 20 nitrogen and oxygen atoms in total. The van der Waals surface area contributed by atoms with E-state index in [1.54, 1.807) is 72.4 Å². The lowest BCUT2D eigenvalue weighted by molar-refractivity contribution is -0.144. The predicted octanol–water partition coefficient (Wildman–Crippen LogP) is 1.76. The van der Waals surface area contributed by atoms with Crippen LogP contribution in [0.2, 0.25) is 0 Å². The van der Waals surface area contributed by atoms with Crippen LogP contribution in [0, 0.1) is 11.8 Å². The zero-order valence-electron chi connectivity index (χ0n) is 44.9. The molecule has 10 N–H and O–H groups in total. The summed E-state index contributed by atoms with van der Waals surface area (Å²) in [7, 11) is 3.34. The smallest absolute Gasteiger partial charge is 0.247 e. The molecule has 2 aromatic carbocycles. The Morgan fingerprint density at radius 1 is 0.513 bits per heavy atom. The van der Waals surface area contributed by atoms with Crippen molar-refractivity contribution in [1.82, 2.24) is 52.3 Å². The summed E-state index contributed by atoms with van der Waals surface area (Å²) in [6, 6.07) is 10.7. The van der Waals surface area contributed by atoms with Crippen LogP contribution in [0.1, 0.15) is 140 Å². The maximum absolute atomic E-state index is 14.2. The minimum absolute atomic E-state index is 0.233. The Kier molecular flexibility index (Phi) is 23.0. The van der Waals surface area contributed by atoms with Crippen LogP contribution in [0.4, 0.5) is 0 Å². The van der Waals surface area contributed by atoms with Crippen molar-refractivity contribution in [3.8, 4) is 0 Å². The molecule has 4 fully saturated rings. The monoisotopic (exact) mass is 1060 g/mol. The van der Waals surface area contributed by atoms with E-state index in [2.05, 4.69) is 42.5 Å². The van der Waals surface area contributed by atoms with Crippen LogP contribution < -0.4 is 42.5 Å². The van der Waals surface area contributed by atoms with E-state index in [9.17, 15) is 48.6 Å². The van der Waals surface area contributed by atoms with Crippen molar-refractivity contribution in [2.75, 3.05) is 40.4 Å². The van der Waals surface area contributed by atoms with E-state index in [4.69, 9.17) is 0 Å². The van der Waals surface area contributed by atoms with Gasteiger partial charge in [-0.1, -0.05) is 100 Å². The van der Waals surface area contributed by atoms with Crippen LogP contribution in [0.15, 0.2) is 60.7 Å². The fourth-order valence-corrected chi connectivity index (χ4v) is 11.6. The molecule has 418 valence electrons. The second-order valence-corrected chi connectivity index (χ2v) is 20.9. The largest absolute Gasteiger partial charge is 0.396 e. The van der Waals surface area contributed by atoms with Crippen molar-refractivity contribution in [2.45, 2.75) is 177 Å². The number of rotatable bonds is 27. The molecule has 2 aromatic rings. The van der Waals surface area contributed by atoms with Crippen LogP contribution >= 0.6 is 0 Å². The SMILES string of the molecule is CC[C@H](NC)C(=O)NC1C(=O)N2C(CCC1CO)CC[C@H]2C(=O)N[C@H](C(=O)NCCCCCCCCNC(=O)[C@@H](NC(=O)[C@@H]1CCC2CC[C@H](CO)[C@H](NC(=O)[C@H](CC)NC)C(=O)N21)c1ccccc1)c1ccccc1. The Bertz CT molecular complexity index is 2090. The third kappa shape index (κ3) is 14.9. The first-order chi connectivity index (χ1) is 36.8. The molecule has 0 aromatic heterocycles. The highest BCUT2D eigenvalue weighted by Crippen LogP contribution is 2.36. The van der Waals surface area contributed by atoms with Crippen molar-refractivity contribution in [1.29, 1.82) is 0 Å². The summed E-state index contributed by atoms with van der Waals surface area (Å²) >= 11 is 0. The summed E-state index contributed by atoms with van der Waals surface area (Å²) in [5.74, 6) is -4.14. The summed E-state index contributed by atoms with van der Waals surface area (Å²) in [5.41, 5.74) is 1.19. The molecule has 4 saturated heterocycles. The minimum atomic E-state index is -1.01. The van der Waals surface area contributed by atoms with Crippen LogP contribution in [-0.2, 0) is 38.4 Å². The molecule has 20 heteroatoms. The van der Waals surface area contributed by atoms with Gasteiger partial charge in [0.25, 0.3) is 0 Å². The lowest BCUT2D eigenvalue weighted by atomic mass is 9.93. The summed E-state index contributed by atoms with van der Waals surface area (Å²) in [5, 5.41) is 44.0. The van der Waals surface area contributed by atoms with Gasteiger partial charge in [0.15, 0.2) is 0 Å². The van der Waals surface area contributed by atoms with E-state index in [0.717, 1.165) is 25.7 Å². The summed E-state index contributed by atoms with van der Waals surface area (Å²) in [6.45, 7) is 3.92. The summed E-state index contributed by atoms with van der Waals surface area (Å²) < 4.78 is 0. The molecule has 0 saturated carbocycles. The minimum Gasteiger partial charge on any atom is -0.396 e.